The second kappa shape index (κ2) is 6.19. The first-order valence-electron chi connectivity index (χ1n) is 6.43. The first-order valence-corrected chi connectivity index (χ1v) is 6.43. The number of esters is 1. The van der Waals surface area contributed by atoms with Gasteiger partial charge in [-0.1, -0.05) is 42.5 Å². The van der Waals surface area contributed by atoms with Crippen molar-refractivity contribution >= 4 is 22.6 Å². The summed E-state index contributed by atoms with van der Waals surface area (Å²) in [6.07, 6.45) is 0.410. The van der Waals surface area contributed by atoms with Crippen molar-refractivity contribution in [3.05, 3.63) is 48.0 Å². The Labute approximate surface area is 117 Å². The van der Waals surface area contributed by atoms with Crippen LogP contribution in [0.2, 0.25) is 0 Å². The third-order valence-electron chi connectivity index (χ3n) is 3.17. The van der Waals surface area contributed by atoms with Gasteiger partial charge in [0.15, 0.2) is 0 Å². The second-order valence-corrected chi connectivity index (χ2v) is 4.62. The molecular formula is C16H17NO3. The summed E-state index contributed by atoms with van der Waals surface area (Å²) < 4.78 is 4.74. The van der Waals surface area contributed by atoms with Gasteiger partial charge < -0.3 is 10.1 Å². The Balaban J connectivity index is 2.33. The van der Waals surface area contributed by atoms with Crippen molar-refractivity contribution in [3.63, 3.8) is 0 Å². The van der Waals surface area contributed by atoms with E-state index in [1.165, 1.54) is 14.0 Å². The van der Waals surface area contributed by atoms with Crippen molar-refractivity contribution in [2.45, 2.75) is 19.4 Å². The molecule has 0 spiro atoms. The number of methoxy groups -OCH3 is 1. The zero-order valence-corrected chi connectivity index (χ0v) is 11.6. The van der Waals surface area contributed by atoms with Crippen LogP contribution in [0.15, 0.2) is 42.5 Å². The predicted molar refractivity (Wildman–Crippen MR) is 77.3 cm³/mol. The summed E-state index contributed by atoms with van der Waals surface area (Å²) in [5.41, 5.74) is 1.01. The molecule has 0 saturated carbocycles. The molecule has 1 atom stereocenters. The molecule has 4 heteroatoms. The maximum atomic E-state index is 11.8. The maximum absolute atomic E-state index is 11.8. The molecule has 0 bridgehead atoms. The molecule has 4 nitrogen and oxygen atoms in total. The molecule has 0 radical (unpaired) electrons. The van der Waals surface area contributed by atoms with Crippen LogP contribution in [-0.2, 0) is 20.7 Å². The Kier molecular flexibility index (Phi) is 4.35. The van der Waals surface area contributed by atoms with Crippen molar-refractivity contribution in [1.29, 1.82) is 0 Å². The average molecular weight is 271 g/mol. The summed E-state index contributed by atoms with van der Waals surface area (Å²) in [5, 5.41) is 4.82. The van der Waals surface area contributed by atoms with Crippen molar-refractivity contribution in [1.82, 2.24) is 5.32 Å². The molecule has 0 saturated heterocycles. The quantitative estimate of drug-likeness (QED) is 0.866. The SMILES string of the molecule is COC(=O)C(Cc1cccc2ccccc12)NC(C)=O. The molecule has 2 aromatic carbocycles. The number of fused-ring (bicyclic) bond motifs is 1. The van der Waals surface area contributed by atoms with Crippen LogP contribution in [0.4, 0.5) is 0 Å². The first-order chi connectivity index (χ1) is 9.61. The van der Waals surface area contributed by atoms with Crippen molar-refractivity contribution in [2.75, 3.05) is 7.11 Å². The zero-order chi connectivity index (χ0) is 14.5. The lowest BCUT2D eigenvalue weighted by atomic mass is 9.99. The van der Waals surface area contributed by atoms with Gasteiger partial charge in [-0.25, -0.2) is 4.79 Å². The number of rotatable bonds is 4. The zero-order valence-electron chi connectivity index (χ0n) is 11.6. The molecule has 0 heterocycles. The smallest absolute Gasteiger partial charge is 0.328 e. The fourth-order valence-corrected chi connectivity index (χ4v) is 2.27. The highest BCUT2D eigenvalue weighted by molar-refractivity contribution is 5.88. The van der Waals surface area contributed by atoms with Crippen LogP contribution in [0, 0.1) is 0 Å². The van der Waals surface area contributed by atoms with Crippen molar-refractivity contribution < 1.29 is 14.3 Å². The minimum Gasteiger partial charge on any atom is -0.467 e. The highest BCUT2D eigenvalue weighted by Gasteiger charge is 2.21. The van der Waals surface area contributed by atoms with E-state index in [1.807, 2.05) is 42.5 Å². The maximum Gasteiger partial charge on any atom is 0.328 e. The number of nitrogens with one attached hydrogen (secondary N) is 1. The number of carbonyl (C=O) groups excluding carboxylic acids is 2. The number of hydrogen-bond acceptors (Lipinski definition) is 3. The fourth-order valence-electron chi connectivity index (χ4n) is 2.27. The lowest BCUT2D eigenvalue weighted by Crippen LogP contribution is -2.42. The third-order valence-corrected chi connectivity index (χ3v) is 3.17. The van der Waals surface area contributed by atoms with Gasteiger partial charge in [-0.3, -0.25) is 4.79 Å². The Hall–Kier alpha value is -2.36. The van der Waals surface area contributed by atoms with Gasteiger partial charge in [0.25, 0.3) is 0 Å². The monoisotopic (exact) mass is 271 g/mol. The molecule has 1 amide bonds. The van der Waals surface area contributed by atoms with Crippen LogP contribution in [-0.4, -0.2) is 25.0 Å². The number of benzene rings is 2. The Morgan fingerprint density at radius 1 is 1.15 bits per heavy atom. The Bertz CT molecular complexity index is 631. The van der Waals surface area contributed by atoms with Gasteiger partial charge in [0.05, 0.1) is 7.11 Å². The molecule has 0 aliphatic rings. The van der Waals surface area contributed by atoms with E-state index < -0.39 is 12.0 Å². The summed E-state index contributed by atoms with van der Waals surface area (Å²) in [7, 11) is 1.32. The van der Waals surface area contributed by atoms with Crippen LogP contribution >= 0.6 is 0 Å². The van der Waals surface area contributed by atoms with Crippen LogP contribution < -0.4 is 5.32 Å². The molecule has 1 unspecified atom stereocenters. The molecular weight excluding hydrogens is 254 g/mol. The summed E-state index contributed by atoms with van der Waals surface area (Å²) in [6, 6.07) is 13.2. The van der Waals surface area contributed by atoms with E-state index in [0.29, 0.717) is 6.42 Å². The van der Waals surface area contributed by atoms with E-state index >= 15 is 0 Å². The summed E-state index contributed by atoms with van der Waals surface area (Å²) in [6.45, 7) is 1.39. The minimum atomic E-state index is -0.664. The third kappa shape index (κ3) is 3.15. The van der Waals surface area contributed by atoms with Crippen LogP contribution in [0.3, 0.4) is 0 Å². The molecule has 104 valence electrons. The van der Waals surface area contributed by atoms with Gasteiger partial charge in [-0.2, -0.15) is 0 Å². The van der Waals surface area contributed by atoms with E-state index in [1.54, 1.807) is 0 Å². The van der Waals surface area contributed by atoms with E-state index in [-0.39, 0.29) is 5.91 Å². The topological polar surface area (TPSA) is 55.4 Å². The molecule has 2 aromatic rings. The number of hydrogen-bond donors (Lipinski definition) is 1. The highest BCUT2D eigenvalue weighted by atomic mass is 16.5. The Morgan fingerprint density at radius 2 is 1.85 bits per heavy atom. The summed E-state index contributed by atoms with van der Waals surface area (Å²) in [4.78, 5) is 23.0. The largest absolute Gasteiger partial charge is 0.467 e. The predicted octanol–water partition coefficient (Wildman–Crippen LogP) is 2.06. The molecule has 0 aromatic heterocycles. The normalized spacial score (nSPS) is 11.9. The molecule has 0 fully saturated rings. The van der Waals surface area contributed by atoms with E-state index in [9.17, 15) is 9.59 Å². The average Bonchev–Trinajstić information content (AvgIpc) is 2.45. The van der Waals surface area contributed by atoms with E-state index in [4.69, 9.17) is 4.74 Å². The van der Waals surface area contributed by atoms with Crippen LogP contribution in [0.25, 0.3) is 10.8 Å². The van der Waals surface area contributed by atoms with Gasteiger partial charge in [-0.15, -0.1) is 0 Å². The molecule has 0 aliphatic heterocycles. The van der Waals surface area contributed by atoms with Crippen LogP contribution in [0.1, 0.15) is 12.5 Å². The van der Waals surface area contributed by atoms with Gasteiger partial charge in [-0.05, 0) is 16.3 Å². The number of carbonyl (C=O) groups is 2. The summed E-state index contributed by atoms with van der Waals surface area (Å²) in [5.74, 6) is -0.686. The lowest BCUT2D eigenvalue weighted by molar-refractivity contribution is -0.144. The summed E-state index contributed by atoms with van der Waals surface area (Å²) >= 11 is 0. The first kappa shape index (κ1) is 14.1. The van der Waals surface area contributed by atoms with Gasteiger partial charge >= 0.3 is 5.97 Å². The lowest BCUT2D eigenvalue weighted by Gasteiger charge is -2.16. The van der Waals surface area contributed by atoms with Crippen LogP contribution in [0.5, 0.6) is 0 Å². The van der Waals surface area contributed by atoms with Gasteiger partial charge in [0.2, 0.25) is 5.91 Å². The molecule has 2 rings (SSSR count). The van der Waals surface area contributed by atoms with Gasteiger partial charge in [0.1, 0.15) is 6.04 Å². The second-order valence-electron chi connectivity index (χ2n) is 4.62. The highest BCUT2D eigenvalue weighted by Crippen LogP contribution is 2.20. The Morgan fingerprint density at radius 3 is 2.55 bits per heavy atom. The fraction of sp³-hybridized carbons (Fsp3) is 0.250. The van der Waals surface area contributed by atoms with E-state index in [2.05, 4.69) is 5.32 Å². The standard InChI is InChI=1S/C16H17NO3/c1-11(18)17-15(16(19)20-2)10-13-8-5-7-12-6-3-4-9-14(12)13/h3-9,15H,10H2,1-2H3,(H,17,18). The molecule has 20 heavy (non-hydrogen) atoms. The molecule has 0 aliphatic carbocycles. The number of ether oxygens (including phenoxy) is 1. The van der Waals surface area contributed by atoms with Crippen molar-refractivity contribution in [2.24, 2.45) is 0 Å². The molecule has 1 N–H and O–H groups in total. The van der Waals surface area contributed by atoms with Gasteiger partial charge in [0, 0.05) is 13.3 Å². The number of amides is 1. The minimum absolute atomic E-state index is 0.249. The van der Waals surface area contributed by atoms with Crippen molar-refractivity contribution in [3.8, 4) is 0 Å². The van der Waals surface area contributed by atoms with E-state index in [0.717, 1.165) is 16.3 Å².